The SMILES string of the molecule is Cl.NC1C2CCC(C2)C1C(=O)Nc1ncc(-c2ccccc2)s1. The lowest BCUT2D eigenvalue weighted by atomic mass is 9.84. The molecular weight excluding hydrogens is 330 g/mol. The van der Waals surface area contributed by atoms with Crippen LogP contribution in [0.25, 0.3) is 10.4 Å². The molecule has 1 aromatic heterocycles. The van der Waals surface area contributed by atoms with E-state index in [9.17, 15) is 4.79 Å². The van der Waals surface area contributed by atoms with Gasteiger partial charge >= 0.3 is 0 Å². The zero-order valence-corrected chi connectivity index (χ0v) is 14.3. The summed E-state index contributed by atoms with van der Waals surface area (Å²) in [5.41, 5.74) is 7.36. The predicted octanol–water partition coefficient (Wildman–Crippen LogP) is 3.54. The number of nitrogens with one attached hydrogen (secondary N) is 1. The van der Waals surface area contributed by atoms with Crippen LogP contribution in [-0.2, 0) is 4.79 Å². The van der Waals surface area contributed by atoms with Crippen molar-refractivity contribution in [1.29, 1.82) is 0 Å². The molecule has 2 aliphatic carbocycles. The highest BCUT2D eigenvalue weighted by molar-refractivity contribution is 7.19. The molecule has 4 rings (SSSR count). The summed E-state index contributed by atoms with van der Waals surface area (Å²) in [6, 6.07) is 10.1. The van der Waals surface area contributed by atoms with E-state index >= 15 is 0 Å². The van der Waals surface area contributed by atoms with Gasteiger partial charge in [0.25, 0.3) is 0 Å². The summed E-state index contributed by atoms with van der Waals surface area (Å²) >= 11 is 1.51. The van der Waals surface area contributed by atoms with Gasteiger partial charge in [-0.05, 0) is 36.7 Å². The Bertz CT molecular complexity index is 688. The molecule has 4 unspecified atom stereocenters. The van der Waals surface area contributed by atoms with Gasteiger partial charge in [-0.2, -0.15) is 0 Å². The summed E-state index contributed by atoms with van der Waals surface area (Å²) in [5.74, 6) is 1.02. The Balaban J connectivity index is 0.00000156. The number of hydrogen-bond donors (Lipinski definition) is 2. The summed E-state index contributed by atoms with van der Waals surface area (Å²) in [6.45, 7) is 0. The van der Waals surface area contributed by atoms with Crippen LogP contribution in [-0.4, -0.2) is 16.9 Å². The third-order valence-corrected chi connectivity index (χ3v) is 6.04. The van der Waals surface area contributed by atoms with Gasteiger partial charge in [-0.1, -0.05) is 41.7 Å². The lowest BCUT2D eigenvalue weighted by molar-refractivity contribution is -0.121. The van der Waals surface area contributed by atoms with Gasteiger partial charge < -0.3 is 11.1 Å². The van der Waals surface area contributed by atoms with Crippen LogP contribution in [0.15, 0.2) is 36.5 Å². The number of hydrogen-bond acceptors (Lipinski definition) is 4. The van der Waals surface area contributed by atoms with E-state index in [1.165, 1.54) is 17.8 Å². The maximum Gasteiger partial charge on any atom is 0.231 e. The number of rotatable bonds is 3. The molecule has 2 fully saturated rings. The topological polar surface area (TPSA) is 68.0 Å². The number of anilines is 1. The van der Waals surface area contributed by atoms with Gasteiger partial charge in [0.2, 0.25) is 5.91 Å². The van der Waals surface area contributed by atoms with E-state index in [4.69, 9.17) is 5.73 Å². The summed E-state index contributed by atoms with van der Waals surface area (Å²) in [4.78, 5) is 17.9. The van der Waals surface area contributed by atoms with Crippen molar-refractivity contribution in [3.8, 4) is 10.4 Å². The second kappa shape index (κ2) is 6.59. The lowest BCUT2D eigenvalue weighted by Gasteiger charge is -2.26. The molecule has 6 heteroatoms. The minimum absolute atomic E-state index is 0. The molecule has 4 nitrogen and oxygen atoms in total. The number of aromatic nitrogens is 1. The Kier molecular flexibility index (Phi) is 4.71. The number of halogens is 1. The number of amides is 1. The molecule has 2 aromatic rings. The number of nitrogens with two attached hydrogens (primary N) is 1. The Labute approximate surface area is 145 Å². The quantitative estimate of drug-likeness (QED) is 0.890. The molecule has 3 N–H and O–H groups in total. The minimum Gasteiger partial charge on any atom is -0.327 e. The molecule has 2 saturated carbocycles. The van der Waals surface area contributed by atoms with Crippen molar-refractivity contribution in [2.45, 2.75) is 25.3 Å². The highest BCUT2D eigenvalue weighted by Crippen LogP contribution is 2.48. The molecule has 122 valence electrons. The van der Waals surface area contributed by atoms with E-state index in [1.54, 1.807) is 0 Å². The van der Waals surface area contributed by atoms with E-state index in [0.717, 1.165) is 23.3 Å². The molecule has 0 aliphatic heterocycles. The number of fused-ring (bicyclic) bond motifs is 2. The fraction of sp³-hybridized carbons (Fsp3) is 0.412. The van der Waals surface area contributed by atoms with Crippen molar-refractivity contribution in [2.75, 3.05) is 5.32 Å². The highest BCUT2D eigenvalue weighted by Gasteiger charge is 2.49. The standard InChI is InChI=1S/C17H19N3OS.ClH/c18-15-12-7-6-11(8-12)14(15)16(21)20-17-19-9-13(22-17)10-4-2-1-3-5-10;/h1-5,9,11-12,14-15H,6-8,18H2,(H,19,20,21);1H. The van der Waals surface area contributed by atoms with Crippen molar-refractivity contribution in [3.05, 3.63) is 36.5 Å². The third kappa shape index (κ3) is 3.01. The molecule has 1 aromatic carbocycles. The Morgan fingerprint density at radius 2 is 1.96 bits per heavy atom. The maximum absolute atomic E-state index is 12.5. The van der Waals surface area contributed by atoms with Crippen LogP contribution in [0, 0.1) is 17.8 Å². The van der Waals surface area contributed by atoms with E-state index in [-0.39, 0.29) is 30.3 Å². The molecule has 1 heterocycles. The van der Waals surface area contributed by atoms with E-state index in [0.29, 0.717) is 17.0 Å². The maximum atomic E-state index is 12.5. The Morgan fingerprint density at radius 3 is 2.65 bits per heavy atom. The fourth-order valence-electron chi connectivity index (χ4n) is 3.98. The van der Waals surface area contributed by atoms with Gasteiger partial charge in [-0.15, -0.1) is 12.4 Å². The van der Waals surface area contributed by atoms with Crippen LogP contribution in [0.1, 0.15) is 19.3 Å². The number of nitrogens with zero attached hydrogens (tertiary/aromatic N) is 1. The Hall–Kier alpha value is -1.43. The first-order valence-corrected chi connectivity index (χ1v) is 8.62. The van der Waals surface area contributed by atoms with Crippen LogP contribution < -0.4 is 11.1 Å². The van der Waals surface area contributed by atoms with Crippen LogP contribution in [0.5, 0.6) is 0 Å². The zero-order valence-electron chi connectivity index (χ0n) is 12.6. The largest absolute Gasteiger partial charge is 0.327 e. The van der Waals surface area contributed by atoms with Crippen molar-refractivity contribution in [2.24, 2.45) is 23.5 Å². The highest BCUT2D eigenvalue weighted by atomic mass is 35.5. The fourth-order valence-corrected chi connectivity index (χ4v) is 4.81. The van der Waals surface area contributed by atoms with E-state index < -0.39 is 0 Å². The average molecular weight is 350 g/mol. The molecule has 1 amide bonds. The van der Waals surface area contributed by atoms with Crippen molar-refractivity contribution in [1.82, 2.24) is 4.98 Å². The summed E-state index contributed by atoms with van der Waals surface area (Å²) in [6.07, 6.45) is 5.26. The third-order valence-electron chi connectivity index (χ3n) is 5.08. The van der Waals surface area contributed by atoms with Crippen LogP contribution in [0.3, 0.4) is 0 Å². The van der Waals surface area contributed by atoms with Crippen LogP contribution >= 0.6 is 23.7 Å². The minimum atomic E-state index is -0.0391. The van der Waals surface area contributed by atoms with Crippen LogP contribution in [0.4, 0.5) is 5.13 Å². The number of carbonyl (C=O) groups excluding carboxylic acids is 1. The lowest BCUT2D eigenvalue weighted by Crippen LogP contribution is -2.42. The molecule has 0 radical (unpaired) electrons. The van der Waals surface area contributed by atoms with E-state index in [1.807, 2.05) is 36.5 Å². The first-order valence-electron chi connectivity index (χ1n) is 7.80. The summed E-state index contributed by atoms with van der Waals surface area (Å²) in [7, 11) is 0. The first-order chi connectivity index (χ1) is 10.7. The molecule has 4 atom stereocenters. The van der Waals surface area contributed by atoms with Gasteiger partial charge in [0.05, 0.1) is 10.8 Å². The van der Waals surface area contributed by atoms with Gasteiger partial charge in [0.1, 0.15) is 0 Å². The smallest absolute Gasteiger partial charge is 0.231 e. The normalized spacial score (nSPS) is 28.4. The monoisotopic (exact) mass is 349 g/mol. The zero-order chi connectivity index (χ0) is 15.1. The van der Waals surface area contributed by atoms with Gasteiger partial charge in [0.15, 0.2) is 5.13 Å². The molecule has 23 heavy (non-hydrogen) atoms. The molecule has 2 bridgehead atoms. The number of thiazole rings is 1. The first kappa shape index (κ1) is 16.4. The molecular formula is C17H20ClN3OS. The predicted molar refractivity (Wildman–Crippen MR) is 95.7 cm³/mol. The Morgan fingerprint density at radius 1 is 1.22 bits per heavy atom. The second-order valence-corrected chi connectivity index (χ2v) is 7.35. The molecule has 0 saturated heterocycles. The molecule has 2 aliphatic rings. The average Bonchev–Trinajstić information content (AvgIpc) is 3.23. The van der Waals surface area contributed by atoms with Gasteiger partial charge in [-0.25, -0.2) is 4.98 Å². The number of carbonyl (C=O) groups is 1. The van der Waals surface area contributed by atoms with Crippen molar-refractivity contribution >= 4 is 34.8 Å². The van der Waals surface area contributed by atoms with Gasteiger partial charge in [0, 0.05) is 12.2 Å². The summed E-state index contributed by atoms with van der Waals surface area (Å²) < 4.78 is 0. The summed E-state index contributed by atoms with van der Waals surface area (Å²) in [5, 5.41) is 3.64. The van der Waals surface area contributed by atoms with E-state index in [2.05, 4.69) is 10.3 Å². The van der Waals surface area contributed by atoms with Gasteiger partial charge in [-0.3, -0.25) is 4.79 Å². The second-order valence-electron chi connectivity index (χ2n) is 6.32. The van der Waals surface area contributed by atoms with Crippen molar-refractivity contribution in [3.63, 3.8) is 0 Å². The van der Waals surface area contributed by atoms with Crippen LogP contribution in [0.2, 0.25) is 0 Å². The number of benzene rings is 1. The van der Waals surface area contributed by atoms with Crippen molar-refractivity contribution < 1.29 is 4.79 Å². The molecule has 0 spiro atoms.